The van der Waals surface area contributed by atoms with E-state index in [1.807, 2.05) is 42.5 Å². The van der Waals surface area contributed by atoms with Crippen LogP contribution < -0.4 is 5.32 Å². The van der Waals surface area contributed by atoms with Crippen molar-refractivity contribution in [2.24, 2.45) is 0 Å². The van der Waals surface area contributed by atoms with E-state index in [4.69, 9.17) is 0 Å². The summed E-state index contributed by atoms with van der Waals surface area (Å²) in [6, 6.07) is 21.1. The van der Waals surface area contributed by atoms with E-state index < -0.39 is 15.1 Å². The molecule has 7 heteroatoms. The number of hydrogen-bond acceptors (Lipinski definition) is 4. The highest BCUT2D eigenvalue weighted by molar-refractivity contribution is 7.92. The fourth-order valence-electron chi connectivity index (χ4n) is 3.14. The van der Waals surface area contributed by atoms with E-state index in [0.717, 1.165) is 16.6 Å². The fourth-order valence-corrected chi connectivity index (χ4v) is 4.20. The number of sulfone groups is 1. The molecule has 0 aliphatic carbocycles. The summed E-state index contributed by atoms with van der Waals surface area (Å²) >= 11 is 0. The monoisotopic (exact) mass is 419 g/mol. The number of nitrogens with one attached hydrogen (secondary N) is 2. The van der Waals surface area contributed by atoms with E-state index in [-0.39, 0.29) is 10.8 Å². The number of aromatic nitrogens is 2. The summed E-state index contributed by atoms with van der Waals surface area (Å²) in [7, 11) is -3.38. The van der Waals surface area contributed by atoms with Crippen LogP contribution in [0.15, 0.2) is 77.7 Å². The summed E-state index contributed by atoms with van der Waals surface area (Å²) in [5, 5.41) is 2.38. The lowest BCUT2D eigenvalue weighted by atomic mass is 10.1. The number of nitrogens with zero attached hydrogens (tertiary/aromatic N) is 1. The van der Waals surface area contributed by atoms with Gasteiger partial charge in [-0.05, 0) is 62.4 Å². The smallest absolute Gasteiger partial charge is 0.255 e. The maximum atomic E-state index is 12.8. The van der Waals surface area contributed by atoms with Crippen molar-refractivity contribution >= 4 is 32.5 Å². The van der Waals surface area contributed by atoms with E-state index in [2.05, 4.69) is 15.3 Å². The molecule has 0 bridgehead atoms. The highest BCUT2D eigenvalue weighted by Gasteiger charge is 2.19. The summed E-state index contributed by atoms with van der Waals surface area (Å²) < 4.78 is 24.5. The lowest BCUT2D eigenvalue weighted by molar-refractivity contribution is 0.102. The molecular weight excluding hydrogens is 398 g/mol. The van der Waals surface area contributed by atoms with Crippen molar-refractivity contribution < 1.29 is 13.2 Å². The summed E-state index contributed by atoms with van der Waals surface area (Å²) in [4.78, 5) is 20.9. The van der Waals surface area contributed by atoms with Crippen LogP contribution in [0.2, 0.25) is 0 Å². The van der Waals surface area contributed by atoms with Crippen molar-refractivity contribution in [1.29, 1.82) is 0 Å². The van der Waals surface area contributed by atoms with Gasteiger partial charge in [-0.15, -0.1) is 0 Å². The molecule has 4 rings (SSSR count). The van der Waals surface area contributed by atoms with Crippen LogP contribution in [0.4, 0.5) is 5.69 Å². The molecule has 1 aromatic heterocycles. The van der Waals surface area contributed by atoms with Crippen molar-refractivity contribution in [3.8, 4) is 11.4 Å². The molecule has 0 radical (unpaired) electrons. The average molecular weight is 420 g/mol. The van der Waals surface area contributed by atoms with E-state index in [9.17, 15) is 13.2 Å². The largest absolute Gasteiger partial charge is 0.338 e. The van der Waals surface area contributed by atoms with Crippen LogP contribution in [0.1, 0.15) is 24.2 Å². The Hall–Kier alpha value is -3.45. The SMILES string of the molecule is CC(C)S(=O)(=O)c1ccc(C(=O)Nc2ccccc2-c2nc3ccccc3[nH]2)cc1. The predicted molar refractivity (Wildman–Crippen MR) is 118 cm³/mol. The number of carbonyl (C=O) groups is 1. The highest BCUT2D eigenvalue weighted by atomic mass is 32.2. The number of H-pyrrole nitrogens is 1. The third-order valence-electron chi connectivity index (χ3n) is 4.89. The Kier molecular flexibility index (Phi) is 5.13. The minimum Gasteiger partial charge on any atom is -0.338 e. The molecule has 0 fully saturated rings. The van der Waals surface area contributed by atoms with Gasteiger partial charge in [-0.1, -0.05) is 24.3 Å². The van der Waals surface area contributed by atoms with E-state index in [1.165, 1.54) is 24.3 Å². The molecule has 0 unspecified atom stereocenters. The zero-order valence-electron chi connectivity index (χ0n) is 16.6. The van der Waals surface area contributed by atoms with Gasteiger partial charge in [0.2, 0.25) is 0 Å². The third kappa shape index (κ3) is 3.71. The molecule has 6 nitrogen and oxygen atoms in total. The Morgan fingerprint density at radius 1 is 0.933 bits per heavy atom. The molecule has 0 aliphatic rings. The van der Waals surface area contributed by atoms with Crippen LogP contribution in [0, 0.1) is 0 Å². The molecule has 3 aromatic carbocycles. The summed E-state index contributed by atoms with van der Waals surface area (Å²) in [5.41, 5.74) is 3.50. The number of fused-ring (bicyclic) bond motifs is 1. The number of imidazole rings is 1. The van der Waals surface area contributed by atoms with Crippen molar-refractivity contribution in [2.45, 2.75) is 24.0 Å². The first-order chi connectivity index (χ1) is 14.4. The molecule has 0 atom stereocenters. The third-order valence-corrected chi connectivity index (χ3v) is 7.06. The maximum Gasteiger partial charge on any atom is 0.255 e. The molecule has 0 spiro atoms. The van der Waals surface area contributed by atoms with Crippen LogP contribution in [0.3, 0.4) is 0 Å². The van der Waals surface area contributed by atoms with Gasteiger partial charge in [0.05, 0.1) is 26.9 Å². The second-order valence-corrected chi connectivity index (χ2v) is 9.72. The van der Waals surface area contributed by atoms with Crippen LogP contribution in [-0.4, -0.2) is 29.5 Å². The molecule has 152 valence electrons. The normalized spacial score (nSPS) is 11.7. The Balaban J connectivity index is 1.61. The van der Waals surface area contributed by atoms with Crippen LogP contribution in [0.5, 0.6) is 0 Å². The van der Waals surface area contributed by atoms with Gasteiger partial charge in [0, 0.05) is 11.1 Å². The van der Waals surface area contributed by atoms with Gasteiger partial charge in [0.1, 0.15) is 5.82 Å². The van der Waals surface area contributed by atoms with Crippen LogP contribution >= 0.6 is 0 Å². The maximum absolute atomic E-state index is 12.8. The Morgan fingerprint density at radius 2 is 1.60 bits per heavy atom. The number of carbonyl (C=O) groups excluding carboxylic acids is 1. The molecule has 0 saturated heterocycles. The fraction of sp³-hybridized carbons (Fsp3) is 0.130. The molecule has 0 saturated carbocycles. The number of para-hydroxylation sites is 3. The number of hydrogen-bond donors (Lipinski definition) is 2. The van der Waals surface area contributed by atoms with Gasteiger partial charge in [0.15, 0.2) is 9.84 Å². The average Bonchev–Trinajstić information content (AvgIpc) is 3.18. The molecule has 4 aromatic rings. The van der Waals surface area contributed by atoms with Gasteiger partial charge in [-0.2, -0.15) is 0 Å². The van der Waals surface area contributed by atoms with E-state index in [0.29, 0.717) is 17.1 Å². The first kappa shape index (κ1) is 19.8. The lowest BCUT2D eigenvalue weighted by Gasteiger charge is -2.11. The first-order valence-corrected chi connectivity index (χ1v) is 11.1. The van der Waals surface area contributed by atoms with Gasteiger partial charge in [-0.3, -0.25) is 4.79 Å². The Labute approximate surface area is 174 Å². The highest BCUT2D eigenvalue weighted by Crippen LogP contribution is 2.28. The molecule has 30 heavy (non-hydrogen) atoms. The van der Waals surface area contributed by atoms with Gasteiger partial charge in [-0.25, -0.2) is 13.4 Å². The van der Waals surface area contributed by atoms with E-state index in [1.54, 1.807) is 19.9 Å². The van der Waals surface area contributed by atoms with E-state index >= 15 is 0 Å². The Morgan fingerprint density at radius 3 is 2.30 bits per heavy atom. The van der Waals surface area contributed by atoms with Crippen LogP contribution in [-0.2, 0) is 9.84 Å². The van der Waals surface area contributed by atoms with Gasteiger partial charge < -0.3 is 10.3 Å². The second-order valence-electron chi connectivity index (χ2n) is 7.22. The van der Waals surface area contributed by atoms with Crippen molar-refractivity contribution in [2.75, 3.05) is 5.32 Å². The minimum absolute atomic E-state index is 0.205. The zero-order valence-corrected chi connectivity index (χ0v) is 17.4. The number of anilines is 1. The lowest BCUT2D eigenvalue weighted by Crippen LogP contribution is -2.15. The number of aromatic amines is 1. The number of amides is 1. The van der Waals surface area contributed by atoms with Crippen molar-refractivity contribution in [1.82, 2.24) is 9.97 Å². The molecule has 0 aliphatic heterocycles. The topological polar surface area (TPSA) is 91.9 Å². The summed E-state index contributed by atoms with van der Waals surface area (Å²) in [6.45, 7) is 3.26. The van der Waals surface area contributed by atoms with Gasteiger partial charge in [0.25, 0.3) is 5.91 Å². The summed E-state index contributed by atoms with van der Waals surface area (Å²) in [5.74, 6) is 0.331. The Bertz CT molecular complexity index is 1290. The van der Waals surface area contributed by atoms with Crippen molar-refractivity contribution in [3.63, 3.8) is 0 Å². The second kappa shape index (κ2) is 7.76. The minimum atomic E-state index is -3.38. The molecule has 2 N–H and O–H groups in total. The predicted octanol–water partition coefficient (Wildman–Crippen LogP) is 4.66. The van der Waals surface area contributed by atoms with Crippen LogP contribution in [0.25, 0.3) is 22.4 Å². The molecule has 1 amide bonds. The quantitative estimate of drug-likeness (QED) is 0.492. The van der Waals surface area contributed by atoms with Gasteiger partial charge >= 0.3 is 0 Å². The van der Waals surface area contributed by atoms with Crippen molar-refractivity contribution in [3.05, 3.63) is 78.4 Å². The zero-order chi connectivity index (χ0) is 21.3. The first-order valence-electron chi connectivity index (χ1n) is 9.56. The molecule has 1 heterocycles. The number of benzene rings is 3. The summed E-state index contributed by atoms with van der Waals surface area (Å²) in [6.07, 6.45) is 0. The number of rotatable bonds is 5. The standard InChI is InChI=1S/C23H21N3O3S/c1-15(2)30(28,29)17-13-11-16(12-14-17)23(27)26-19-8-4-3-7-18(19)22-24-20-9-5-6-10-21(20)25-22/h3-15H,1-2H3,(H,24,25)(H,26,27). The molecular formula is C23H21N3O3S.